The summed E-state index contributed by atoms with van der Waals surface area (Å²) in [4.78, 5) is 3.99. The highest BCUT2D eigenvalue weighted by Gasteiger charge is 2.09. The summed E-state index contributed by atoms with van der Waals surface area (Å²) in [5.41, 5.74) is 0. The fraction of sp³-hybridized carbons (Fsp3) is 0.636. The quantitative estimate of drug-likeness (QED) is 0.715. The standard InChI is InChI=1S/C11H18BrNS/c1-10(2)13(7-4-6-12)9-11-5-3-8-14-11/h3,5,8,10H,4,6-7,9H2,1-2H3. The molecule has 0 aliphatic carbocycles. The Hall–Kier alpha value is 0.140. The Balaban J connectivity index is 2.43. The lowest BCUT2D eigenvalue weighted by molar-refractivity contribution is 0.216. The highest BCUT2D eigenvalue weighted by molar-refractivity contribution is 9.09. The third-order valence-electron chi connectivity index (χ3n) is 2.25. The molecule has 1 rings (SSSR count). The first-order chi connectivity index (χ1) is 6.74. The first-order valence-corrected chi connectivity index (χ1v) is 7.06. The second-order valence-electron chi connectivity index (χ2n) is 3.69. The second kappa shape index (κ2) is 6.59. The largest absolute Gasteiger partial charge is 0.296 e. The van der Waals surface area contributed by atoms with Crippen LogP contribution in [0.15, 0.2) is 17.5 Å². The molecule has 1 aromatic heterocycles. The number of thiophene rings is 1. The van der Waals surface area contributed by atoms with Crippen LogP contribution in [-0.2, 0) is 6.54 Å². The molecule has 0 N–H and O–H groups in total. The maximum absolute atomic E-state index is 3.48. The summed E-state index contributed by atoms with van der Waals surface area (Å²) in [6.07, 6.45) is 1.23. The van der Waals surface area contributed by atoms with Crippen LogP contribution in [0.1, 0.15) is 25.1 Å². The van der Waals surface area contributed by atoms with Crippen molar-refractivity contribution in [3.63, 3.8) is 0 Å². The summed E-state index contributed by atoms with van der Waals surface area (Å²) < 4.78 is 0. The summed E-state index contributed by atoms with van der Waals surface area (Å²) in [5, 5.41) is 3.25. The summed E-state index contributed by atoms with van der Waals surface area (Å²) in [7, 11) is 0. The van der Waals surface area contributed by atoms with Crippen molar-refractivity contribution in [3.8, 4) is 0 Å². The molecule has 0 aromatic carbocycles. The highest BCUT2D eigenvalue weighted by Crippen LogP contribution is 2.14. The number of rotatable bonds is 6. The van der Waals surface area contributed by atoms with Crippen molar-refractivity contribution in [1.82, 2.24) is 4.90 Å². The van der Waals surface area contributed by atoms with Gasteiger partial charge in [0.05, 0.1) is 0 Å². The van der Waals surface area contributed by atoms with Gasteiger partial charge in [0, 0.05) is 22.8 Å². The lowest BCUT2D eigenvalue weighted by atomic mass is 10.3. The van der Waals surface area contributed by atoms with Crippen LogP contribution in [0, 0.1) is 0 Å². The SMILES string of the molecule is CC(C)N(CCCBr)Cc1cccs1. The van der Waals surface area contributed by atoms with E-state index in [1.54, 1.807) is 0 Å². The molecule has 0 unspecified atom stereocenters. The third kappa shape index (κ3) is 4.11. The Bertz CT molecular complexity index is 233. The van der Waals surface area contributed by atoms with E-state index in [0.717, 1.165) is 11.9 Å². The van der Waals surface area contributed by atoms with Crippen molar-refractivity contribution < 1.29 is 0 Å². The number of hydrogen-bond donors (Lipinski definition) is 0. The Morgan fingerprint density at radius 2 is 2.29 bits per heavy atom. The van der Waals surface area contributed by atoms with Gasteiger partial charge in [-0.1, -0.05) is 22.0 Å². The molecule has 0 atom stereocenters. The van der Waals surface area contributed by atoms with Crippen LogP contribution < -0.4 is 0 Å². The maximum atomic E-state index is 3.48. The fourth-order valence-electron chi connectivity index (χ4n) is 1.39. The molecule has 3 heteroatoms. The fourth-order valence-corrected chi connectivity index (χ4v) is 2.37. The Kier molecular flexibility index (Phi) is 5.75. The molecule has 0 radical (unpaired) electrons. The topological polar surface area (TPSA) is 3.24 Å². The minimum atomic E-state index is 0.635. The lowest BCUT2D eigenvalue weighted by Gasteiger charge is -2.25. The zero-order valence-electron chi connectivity index (χ0n) is 8.87. The molecule has 0 saturated heterocycles. The van der Waals surface area contributed by atoms with Crippen LogP contribution in [0.4, 0.5) is 0 Å². The van der Waals surface area contributed by atoms with E-state index < -0.39 is 0 Å². The van der Waals surface area contributed by atoms with E-state index in [2.05, 4.69) is 52.2 Å². The van der Waals surface area contributed by atoms with Gasteiger partial charge in [-0.3, -0.25) is 4.90 Å². The average Bonchev–Trinajstić information content (AvgIpc) is 2.64. The minimum Gasteiger partial charge on any atom is -0.296 e. The van der Waals surface area contributed by atoms with Crippen LogP contribution >= 0.6 is 27.3 Å². The van der Waals surface area contributed by atoms with Gasteiger partial charge in [0.1, 0.15) is 0 Å². The third-order valence-corrected chi connectivity index (χ3v) is 3.67. The molecule has 14 heavy (non-hydrogen) atoms. The molecule has 1 nitrogen and oxygen atoms in total. The zero-order chi connectivity index (χ0) is 10.4. The molecule has 0 aliphatic rings. The first kappa shape index (κ1) is 12.2. The molecule has 1 heterocycles. The molecule has 0 bridgehead atoms. The predicted molar refractivity (Wildman–Crippen MR) is 68.3 cm³/mol. The van der Waals surface area contributed by atoms with Gasteiger partial charge in [0.2, 0.25) is 0 Å². The average molecular weight is 276 g/mol. The van der Waals surface area contributed by atoms with Gasteiger partial charge < -0.3 is 0 Å². The van der Waals surface area contributed by atoms with E-state index in [1.165, 1.54) is 17.8 Å². The van der Waals surface area contributed by atoms with Crippen molar-refractivity contribution in [3.05, 3.63) is 22.4 Å². The van der Waals surface area contributed by atoms with Crippen molar-refractivity contribution in [1.29, 1.82) is 0 Å². The number of alkyl halides is 1. The van der Waals surface area contributed by atoms with Crippen molar-refractivity contribution in [2.75, 3.05) is 11.9 Å². The number of halogens is 1. The van der Waals surface area contributed by atoms with E-state index in [9.17, 15) is 0 Å². The first-order valence-electron chi connectivity index (χ1n) is 5.06. The monoisotopic (exact) mass is 275 g/mol. The highest BCUT2D eigenvalue weighted by atomic mass is 79.9. The Labute approximate surface area is 99.3 Å². The maximum Gasteiger partial charge on any atom is 0.0330 e. The van der Waals surface area contributed by atoms with Gasteiger partial charge in [0.15, 0.2) is 0 Å². The van der Waals surface area contributed by atoms with Crippen LogP contribution in [-0.4, -0.2) is 22.8 Å². The van der Waals surface area contributed by atoms with Gasteiger partial charge in [-0.15, -0.1) is 11.3 Å². The summed E-state index contributed by atoms with van der Waals surface area (Å²) in [5.74, 6) is 0. The molecule has 0 aliphatic heterocycles. The molecule has 80 valence electrons. The van der Waals surface area contributed by atoms with Gasteiger partial charge in [-0.05, 0) is 38.3 Å². The van der Waals surface area contributed by atoms with E-state index in [-0.39, 0.29) is 0 Å². The summed E-state index contributed by atoms with van der Waals surface area (Å²) in [6.45, 7) is 6.81. The zero-order valence-corrected chi connectivity index (χ0v) is 11.3. The molecule has 0 saturated carbocycles. The summed E-state index contributed by atoms with van der Waals surface area (Å²) in [6, 6.07) is 4.98. The van der Waals surface area contributed by atoms with Crippen LogP contribution in [0.3, 0.4) is 0 Å². The predicted octanol–water partition coefficient (Wildman–Crippen LogP) is 3.74. The van der Waals surface area contributed by atoms with E-state index in [1.807, 2.05) is 11.3 Å². The van der Waals surface area contributed by atoms with Crippen LogP contribution in [0.25, 0.3) is 0 Å². The van der Waals surface area contributed by atoms with Crippen molar-refractivity contribution in [2.45, 2.75) is 32.9 Å². The Morgan fingerprint density at radius 3 is 2.79 bits per heavy atom. The number of nitrogens with zero attached hydrogens (tertiary/aromatic N) is 1. The Morgan fingerprint density at radius 1 is 1.50 bits per heavy atom. The normalized spacial score (nSPS) is 11.5. The lowest BCUT2D eigenvalue weighted by Crippen LogP contribution is -2.31. The van der Waals surface area contributed by atoms with E-state index in [4.69, 9.17) is 0 Å². The van der Waals surface area contributed by atoms with Gasteiger partial charge in [-0.25, -0.2) is 0 Å². The van der Waals surface area contributed by atoms with Crippen molar-refractivity contribution >= 4 is 27.3 Å². The summed E-state index contributed by atoms with van der Waals surface area (Å²) >= 11 is 5.33. The van der Waals surface area contributed by atoms with E-state index in [0.29, 0.717) is 6.04 Å². The minimum absolute atomic E-state index is 0.635. The molecule has 1 aromatic rings. The second-order valence-corrected chi connectivity index (χ2v) is 5.51. The number of hydrogen-bond acceptors (Lipinski definition) is 2. The molecule has 0 spiro atoms. The van der Waals surface area contributed by atoms with Crippen LogP contribution in [0.2, 0.25) is 0 Å². The van der Waals surface area contributed by atoms with Gasteiger partial charge in [-0.2, -0.15) is 0 Å². The molecular weight excluding hydrogens is 258 g/mol. The van der Waals surface area contributed by atoms with Crippen LogP contribution in [0.5, 0.6) is 0 Å². The molecular formula is C11H18BrNS. The smallest absolute Gasteiger partial charge is 0.0330 e. The molecule has 0 fully saturated rings. The van der Waals surface area contributed by atoms with E-state index >= 15 is 0 Å². The molecule has 0 amide bonds. The van der Waals surface area contributed by atoms with Gasteiger partial charge in [0.25, 0.3) is 0 Å². The van der Waals surface area contributed by atoms with Gasteiger partial charge >= 0.3 is 0 Å². The van der Waals surface area contributed by atoms with Crippen molar-refractivity contribution in [2.24, 2.45) is 0 Å².